The van der Waals surface area contributed by atoms with Crippen LogP contribution in [0.1, 0.15) is 27.9 Å². The van der Waals surface area contributed by atoms with Gasteiger partial charge in [0.1, 0.15) is 0 Å². The van der Waals surface area contributed by atoms with E-state index in [1.807, 2.05) is 42.6 Å². The molecule has 3 aromatic rings. The lowest BCUT2D eigenvalue weighted by atomic mass is 10.1. The van der Waals surface area contributed by atoms with Crippen LogP contribution >= 0.6 is 0 Å². The van der Waals surface area contributed by atoms with Gasteiger partial charge >= 0.3 is 0 Å². The van der Waals surface area contributed by atoms with Crippen molar-refractivity contribution in [1.82, 2.24) is 15.2 Å². The third kappa shape index (κ3) is 4.76. The van der Waals surface area contributed by atoms with Crippen LogP contribution in [0, 0.1) is 0 Å². The molecule has 0 saturated carbocycles. The number of benzene rings is 2. The number of aromatic amines is 1. The average molecular weight is 363 g/mol. The number of nitrogens with zero attached hydrogens (tertiary/aromatic N) is 1. The number of aryl methyl sites for hydroxylation is 1. The van der Waals surface area contributed by atoms with Gasteiger partial charge < -0.3 is 15.2 Å². The molecule has 2 amide bonds. The first-order valence-corrected chi connectivity index (χ1v) is 9.17. The molecule has 0 aliphatic carbocycles. The summed E-state index contributed by atoms with van der Waals surface area (Å²) in [5.41, 5.74) is 4.05. The van der Waals surface area contributed by atoms with Crippen molar-refractivity contribution in [2.24, 2.45) is 0 Å². The molecule has 0 atom stereocenters. The Balaban J connectivity index is 1.44. The highest BCUT2D eigenvalue weighted by Crippen LogP contribution is 2.17. The highest BCUT2D eigenvalue weighted by Gasteiger charge is 2.08. The molecule has 3 rings (SSSR count). The number of hydrogen-bond acceptors (Lipinski definition) is 2. The molecule has 0 aliphatic heterocycles. The van der Waals surface area contributed by atoms with E-state index in [2.05, 4.69) is 22.4 Å². The smallest absolute Gasteiger partial charge is 0.253 e. The Morgan fingerprint density at radius 2 is 1.74 bits per heavy atom. The standard InChI is InChI=1S/C22H25N3O2/c1-25(2)22(27)17-10-7-16(8-11-17)9-12-21(26)23-14-13-18-15-24-20-6-4-3-5-19(18)20/h3-8,10-11,15,24H,9,12-14H2,1-2H3,(H,23,26). The summed E-state index contributed by atoms with van der Waals surface area (Å²) in [6.45, 7) is 0.622. The lowest BCUT2D eigenvalue weighted by Crippen LogP contribution is -2.25. The lowest BCUT2D eigenvalue weighted by Gasteiger charge is -2.10. The number of rotatable bonds is 7. The number of aromatic nitrogens is 1. The van der Waals surface area contributed by atoms with E-state index in [4.69, 9.17) is 0 Å². The molecule has 2 N–H and O–H groups in total. The van der Waals surface area contributed by atoms with E-state index in [1.54, 1.807) is 19.0 Å². The molecule has 0 bridgehead atoms. The molecular weight excluding hydrogens is 338 g/mol. The Morgan fingerprint density at radius 3 is 2.48 bits per heavy atom. The molecular formula is C22H25N3O2. The van der Waals surface area contributed by atoms with Gasteiger partial charge in [-0.2, -0.15) is 0 Å². The molecule has 2 aromatic carbocycles. The number of fused-ring (bicyclic) bond motifs is 1. The first kappa shape index (κ1) is 18.7. The van der Waals surface area contributed by atoms with Crippen LogP contribution in [-0.4, -0.2) is 42.3 Å². The Labute approximate surface area is 159 Å². The van der Waals surface area contributed by atoms with Gasteiger partial charge in [0.2, 0.25) is 5.91 Å². The van der Waals surface area contributed by atoms with Gasteiger partial charge in [-0.25, -0.2) is 0 Å². The zero-order valence-corrected chi connectivity index (χ0v) is 15.8. The van der Waals surface area contributed by atoms with E-state index in [0.717, 1.165) is 17.5 Å². The van der Waals surface area contributed by atoms with Crippen LogP contribution in [0.5, 0.6) is 0 Å². The lowest BCUT2D eigenvalue weighted by molar-refractivity contribution is -0.121. The molecule has 1 heterocycles. The van der Waals surface area contributed by atoms with Crippen LogP contribution in [0.4, 0.5) is 0 Å². The largest absolute Gasteiger partial charge is 0.361 e. The Kier molecular flexibility index (Phi) is 5.91. The second-order valence-corrected chi connectivity index (χ2v) is 6.86. The zero-order chi connectivity index (χ0) is 19.2. The van der Waals surface area contributed by atoms with Crippen molar-refractivity contribution in [1.29, 1.82) is 0 Å². The third-order valence-electron chi connectivity index (χ3n) is 4.64. The number of hydrogen-bond donors (Lipinski definition) is 2. The SMILES string of the molecule is CN(C)C(=O)c1ccc(CCC(=O)NCCc2c[nH]c3ccccc23)cc1. The van der Waals surface area contributed by atoms with Gasteiger partial charge in [0, 0.05) is 49.7 Å². The van der Waals surface area contributed by atoms with E-state index in [1.165, 1.54) is 10.9 Å². The van der Waals surface area contributed by atoms with Crippen molar-refractivity contribution in [3.05, 3.63) is 71.4 Å². The zero-order valence-electron chi connectivity index (χ0n) is 15.8. The molecule has 27 heavy (non-hydrogen) atoms. The molecule has 0 fully saturated rings. The summed E-state index contributed by atoms with van der Waals surface area (Å²) in [6.07, 6.45) is 3.91. The fraction of sp³-hybridized carbons (Fsp3) is 0.273. The van der Waals surface area contributed by atoms with E-state index in [9.17, 15) is 9.59 Å². The number of carbonyl (C=O) groups is 2. The maximum atomic E-state index is 12.1. The van der Waals surface area contributed by atoms with Crippen LogP contribution in [0.25, 0.3) is 10.9 Å². The van der Waals surface area contributed by atoms with Crippen molar-refractivity contribution in [3.8, 4) is 0 Å². The average Bonchev–Trinajstić information content (AvgIpc) is 3.09. The summed E-state index contributed by atoms with van der Waals surface area (Å²) in [5, 5.41) is 4.19. The van der Waals surface area contributed by atoms with Crippen LogP contribution in [0.3, 0.4) is 0 Å². The summed E-state index contributed by atoms with van der Waals surface area (Å²) < 4.78 is 0. The minimum absolute atomic E-state index is 0.0171. The summed E-state index contributed by atoms with van der Waals surface area (Å²) in [7, 11) is 3.47. The molecule has 0 radical (unpaired) electrons. The highest BCUT2D eigenvalue weighted by molar-refractivity contribution is 5.93. The van der Waals surface area contributed by atoms with Gasteiger partial charge in [-0.05, 0) is 42.2 Å². The molecule has 0 aliphatic rings. The normalized spacial score (nSPS) is 10.7. The molecule has 5 heteroatoms. The maximum absolute atomic E-state index is 12.1. The second kappa shape index (κ2) is 8.54. The molecule has 5 nitrogen and oxygen atoms in total. The second-order valence-electron chi connectivity index (χ2n) is 6.86. The summed E-state index contributed by atoms with van der Waals surface area (Å²) in [5.74, 6) is 0.0276. The van der Waals surface area contributed by atoms with Crippen LogP contribution in [-0.2, 0) is 17.6 Å². The minimum Gasteiger partial charge on any atom is -0.361 e. The van der Waals surface area contributed by atoms with Crippen molar-refractivity contribution < 1.29 is 9.59 Å². The number of nitrogens with one attached hydrogen (secondary N) is 2. The number of carbonyl (C=O) groups excluding carboxylic acids is 2. The van der Waals surface area contributed by atoms with Gasteiger partial charge in [-0.3, -0.25) is 9.59 Å². The predicted molar refractivity (Wildman–Crippen MR) is 108 cm³/mol. The van der Waals surface area contributed by atoms with E-state index in [-0.39, 0.29) is 11.8 Å². The van der Waals surface area contributed by atoms with Gasteiger partial charge in [0.15, 0.2) is 0 Å². The monoisotopic (exact) mass is 363 g/mol. The van der Waals surface area contributed by atoms with Gasteiger partial charge in [-0.1, -0.05) is 30.3 Å². The van der Waals surface area contributed by atoms with Crippen LogP contribution < -0.4 is 5.32 Å². The third-order valence-corrected chi connectivity index (χ3v) is 4.64. The molecule has 140 valence electrons. The van der Waals surface area contributed by atoms with Crippen molar-refractivity contribution in [3.63, 3.8) is 0 Å². The molecule has 0 saturated heterocycles. The highest BCUT2D eigenvalue weighted by atomic mass is 16.2. The predicted octanol–water partition coefficient (Wildman–Crippen LogP) is 3.16. The van der Waals surface area contributed by atoms with Crippen molar-refractivity contribution in [2.45, 2.75) is 19.3 Å². The molecule has 0 unspecified atom stereocenters. The fourth-order valence-corrected chi connectivity index (χ4v) is 3.09. The topological polar surface area (TPSA) is 65.2 Å². The molecule has 0 spiro atoms. The van der Waals surface area contributed by atoms with Crippen molar-refractivity contribution in [2.75, 3.05) is 20.6 Å². The van der Waals surface area contributed by atoms with E-state index in [0.29, 0.717) is 24.9 Å². The van der Waals surface area contributed by atoms with E-state index < -0.39 is 0 Å². The van der Waals surface area contributed by atoms with Gasteiger partial charge in [-0.15, -0.1) is 0 Å². The summed E-state index contributed by atoms with van der Waals surface area (Å²) in [4.78, 5) is 28.8. The van der Waals surface area contributed by atoms with E-state index >= 15 is 0 Å². The number of amides is 2. The van der Waals surface area contributed by atoms with Crippen LogP contribution in [0.2, 0.25) is 0 Å². The fourth-order valence-electron chi connectivity index (χ4n) is 3.09. The quantitative estimate of drug-likeness (QED) is 0.677. The first-order valence-electron chi connectivity index (χ1n) is 9.17. The maximum Gasteiger partial charge on any atom is 0.253 e. The Morgan fingerprint density at radius 1 is 1.00 bits per heavy atom. The Hall–Kier alpha value is -3.08. The van der Waals surface area contributed by atoms with Gasteiger partial charge in [0.25, 0.3) is 5.91 Å². The van der Waals surface area contributed by atoms with Crippen LogP contribution in [0.15, 0.2) is 54.7 Å². The summed E-state index contributed by atoms with van der Waals surface area (Å²) in [6, 6.07) is 15.6. The number of para-hydroxylation sites is 1. The minimum atomic E-state index is -0.0171. The summed E-state index contributed by atoms with van der Waals surface area (Å²) >= 11 is 0. The first-order chi connectivity index (χ1) is 13.0. The van der Waals surface area contributed by atoms with Gasteiger partial charge in [0.05, 0.1) is 0 Å². The number of H-pyrrole nitrogens is 1. The molecule has 1 aromatic heterocycles. The van der Waals surface area contributed by atoms with Crippen molar-refractivity contribution >= 4 is 22.7 Å². The Bertz CT molecular complexity index is 926.